The number of rotatable bonds is 6. The normalized spacial score (nSPS) is 12.3. The van der Waals surface area contributed by atoms with Crippen molar-refractivity contribution < 1.29 is 13.5 Å². The molecule has 172 valence electrons. The average molecular weight is 546 g/mol. The minimum absolute atomic E-state index is 0.301. The number of halogens is 1. The number of nitrogens with zero attached hydrogens (tertiary/aromatic N) is 2. The Balaban J connectivity index is 1.86. The summed E-state index contributed by atoms with van der Waals surface area (Å²) in [6.45, 7) is 5.56. The second kappa shape index (κ2) is 8.83. The summed E-state index contributed by atoms with van der Waals surface area (Å²) in [5, 5.41) is 15.6. The van der Waals surface area contributed by atoms with Crippen LogP contribution in [0.2, 0.25) is 0 Å². The van der Waals surface area contributed by atoms with Gasteiger partial charge in [-0.3, -0.25) is 0 Å². The Morgan fingerprint density at radius 1 is 1.03 bits per heavy atom. The van der Waals surface area contributed by atoms with Crippen LogP contribution in [0.5, 0.6) is 0 Å². The van der Waals surface area contributed by atoms with E-state index in [1.807, 2.05) is 47.1 Å². The molecule has 5 nitrogen and oxygen atoms in total. The summed E-state index contributed by atoms with van der Waals surface area (Å²) in [7, 11) is -3.24. The number of sulfone groups is 1. The fourth-order valence-corrected chi connectivity index (χ4v) is 6.44. The van der Waals surface area contributed by atoms with E-state index in [9.17, 15) is 13.5 Å². The molecule has 0 aliphatic carbocycles. The minimum atomic E-state index is -3.24. The van der Waals surface area contributed by atoms with Crippen molar-refractivity contribution in [2.24, 2.45) is 0 Å². The molecule has 33 heavy (non-hydrogen) atoms. The molecule has 0 radical (unpaired) electrons. The summed E-state index contributed by atoms with van der Waals surface area (Å²) in [6.07, 6.45) is 2.06. The first-order valence-electron chi connectivity index (χ1n) is 10.5. The third-order valence-electron chi connectivity index (χ3n) is 5.41. The van der Waals surface area contributed by atoms with Crippen molar-refractivity contribution in [1.82, 2.24) is 9.78 Å². The number of thiophene rings is 1. The van der Waals surface area contributed by atoms with E-state index in [1.165, 1.54) is 6.26 Å². The molecule has 2 heterocycles. The number of aromatic nitrogens is 2. The van der Waals surface area contributed by atoms with E-state index in [-0.39, 0.29) is 0 Å². The van der Waals surface area contributed by atoms with Gasteiger partial charge in [0, 0.05) is 11.1 Å². The van der Waals surface area contributed by atoms with Crippen LogP contribution < -0.4 is 0 Å². The predicted molar refractivity (Wildman–Crippen MR) is 138 cm³/mol. The first-order valence-corrected chi connectivity index (χ1v) is 14.0. The van der Waals surface area contributed by atoms with Crippen LogP contribution in [0.15, 0.2) is 70.0 Å². The second-order valence-corrected chi connectivity index (χ2v) is 12.3. The molecule has 4 rings (SSSR count). The molecule has 0 aliphatic rings. The van der Waals surface area contributed by atoms with Gasteiger partial charge in [-0.15, -0.1) is 11.3 Å². The maximum Gasteiger partial charge on any atom is 0.175 e. The Bertz CT molecular complexity index is 1410. The molecule has 0 atom stereocenters. The summed E-state index contributed by atoms with van der Waals surface area (Å²) in [5.74, 6) is 0. The molecule has 4 aromatic rings. The van der Waals surface area contributed by atoms with Gasteiger partial charge in [-0.05, 0) is 77.7 Å². The number of hydrogen-bond donors (Lipinski definition) is 1. The number of para-hydroxylation sites is 1. The van der Waals surface area contributed by atoms with Crippen LogP contribution in [-0.4, -0.2) is 29.6 Å². The number of hydrogen-bond acceptors (Lipinski definition) is 5. The fraction of sp³-hybridized carbons (Fsp3) is 0.240. The maximum absolute atomic E-state index is 11.8. The van der Waals surface area contributed by atoms with Gasteiger partial charge in [-0.2, -0.15) is 5.10 Å². The van der Waals surface area contributed by atoms with Crippen molar-refractivity contribution in [3.63, 3.8) is 0 Å². The molecule has 8 heteroatoms. The highest BCUT2D eigenvalue weighted by molar-refractivity contribution is 9.10. The van der Waals surface area contributed by atoms with E-state index in [0.717, 1.165) is 43.2 Å². The Labute approximate surface area is 206 Å². The van der Waals surface area contributed by atoms with Crippen molar-refractivity contribution in [2.75, 3.05) is 6.26 Å². The van der Waals surface area contributed by atoms with Gasteiger partial charge in [0.1, 0.15) is 11.3 Å². The third-order valence-corrected chi connectivity index (χ3v) is 8.43. The fourth-order valence-electron chi connectivity index (χ4n) is 3.68. The van der Waals surface area contributed by atoms with Gasteiger partial charge in [0.15, 0.2) is 9.84 Å². The lowest BCUT2D eigenvalue weighted by molar-refractivity contribution is 0.0727. The van der Waals surface area contributed by atoms with E-state index in [1.54, 1.807) is 37.3 Å². The summed E-state index contributed by atoms with van der Waals surface area (Å²) < 4.78 is 26.2. The first-order chi connectivity index (χ1) is 15.5. The Morgan fingerprint density at radius 3 is 2.27 bits per heavy atom. The first kappa shape index (κ1) is 23.9. The third kappa shape index (κ3) is 4.71. The lowest BCUT2D eigenvalue weighted by atomic mass is 10.1. The van der Waals surface area contributed by atoms with Crippen molar-refractivity contribution in [3.8, 4) is 26.7 Å². The van der Waals surface area contributed by atoms with Crippen molar-refractivity contribution in [1.29, 1.82) is 0 Å². The van der Waals surface area contributed by atoms with Crippen molar-refractivity contribution in [2.45, 2.75) is 37.7 Å². The molecule has 0 aliphatic heterocycles. The zero-order chi connectivity index (χ0) is 24.0. The van der Waals surface area contributed by atoms with Gasteiger partial charge in [0.25, 0.3) is 0 Å². The topological polar surface area (TPSA) is 72.2 Å². The van der Waals surface area contributed by atoms with Gasteiger partial charge in [0.05, 0.1) is 25.6 Å². The molecule has 2 aromatic carbocycles. The molecule has 2 aromatic heterocycles. The van der Waals surface area contributed by atoms with Gasteiger partial charge in [0.2, 0.25) is 0 Å². The van der Waals surface area contributed by atoms with Crippen molar-refractivity contribution >= 4 is 37.1 Å². The van der Waals surface area contributed by atoms with Gasteiger partial charge in [-0.25, -0.2) is 13.1 Å². The number of aliphatic hydroxyl groups is 1. The standard InChI is InChI=1S/C25H25BrN2O3S2/c1-5-16-8-6-7-9-19(16)28-23(22(26)24(27-28)25(2,3)29)21-15-14-20(32-21)17-10-12-18(13-11-17)33(4,30)31/h6-15,29H,5H2,1-4H3. The van der Waals surface area contributed by atoms with E-state index >= 15 is 0 Å². The average Bonchev–Trinajstić information content (AvgIpc) is 3.37. The molecule has 0 amide bonds. The van der Waals surface area contributed by atoms with Crippen LogP contribution in [0.25, 0.3) is 26.7 Å². The zero-order valence-electron chi connectivity index (χ0n) is 18.8. The van der Waals surface area contributed by atoms with Crippen LogP contribution in [0.3, 0.4) is 0 Å². The lowest BCUT2D eigenvalue weighted by Crippen LogP contribution is -2.17. The molecule has 0 unspecified atom stereocenters. The largest absolute Gasteiger partial charge is 0.384 e. The predicted octanol–water partition coefficient (Wildman–Crippen LogP) is 6.22. The molecule has 1 N–H and O–H groups in total. The Morgan fingerprint density at radius 2 is 1.67 bits per heavy atom. The molecular weight excluding hydrogens is 520 g/mol. The smallest absolute Gasteiger partial charge is 0.175 e. The van der Waals surface area contributed by atoms with Crippen LogP contribution in [-0.2, 0) is 21.9 Å². The van der Waals surface area contributed by atoms with Crippen LogP contribution in [0, 0.1) is 0 Å². The number of benzene rings is 2. The molecule has 0 saturated heterocycles. The van der Waals surface area contributed by atoms with E-state index in [2.05, 4.69) is 28.9 Å². The Kier molecular flexibility index (Phi) is 6.39. The van der Waals surface area contributed by atoms with Gasteiger partial charge >= 0.3 is 0 Å². The Hall–Kier alpha value is -2.26. The highest BCUT2D eigenvalue weighted by Crippen LogP contribution is 2.42. The monoisotopic (exact) mass is 544 g/mol. The summed E-state index contributed by atoms with van der Waals surface area (Å²) in [6, 6.07) is 19.1. The van der Waals surface area contributed by atoms with Crippen LogP contribution in [0.4, 0.5) is 0 Å². The molecule has 0 spiro atoms. The minimum Gasteiger partial charge on any atom is -0.384 e. The highest BCUT2D eigenvalue weighted by atomic mass is 79.9. The van der Waals surface area contributed by atoms with E-state index in [4.69, 9.17) is 5.10 Å². The van der Waals surface area contributed by atoms with Crippen LogP contribution in [0.1, 0.15) is 32.0 Å². The molecular formula is C25H25BrN2O3S2. The summed E-state index contributed by atoms with van der Waals surface area (Å²) in [4.78, 5) is 2.30. The summed E-state index contributed by atoms with van der Waals surface area (Å²) in [5.41, 5.74) is 3.38. The van der Waals surface area contributed by atoms with Crippen LogP contribution >= 0.6 is 27.3 Å². The SMILES string of the molecule is CCc1ccccc1-n1nc(C(C)(C)O)c(Br)c1-c1ccc(-c2ccc(S(C)(=O)=O)cc2)s1. The van der Waals surface area contributed by atoms with Gasteiger partial charge < -0.3 is 5.11 Å². The molecule has 0 saturated carbocycles. The van der Waals surface area contributed by atoms with Crippen molar-refractivity contribution in [3.05, 3.63) is 76.4 Å². The highest BCUT2D eigenvalue weighted by Gasteiger charge is 2.29. The summed E-state index contributed by atoms with van der Waals surface area (Å²) >= 11 is 5.30. The maximum atomic E-state index is 11.8. The van der Waals surface area contributed by atoms with Gasteiger partial charge in [-0.1, -0.05) is 37.3 Å². The quantitative estimate of drug-likeness (QED) is 0.312. The van der Waals surface area contributed by atoms with E-state index in [0.29, 0.717) is 10.6 Å². The zero-order valence-corrected chi connectivity index (χ0v) is 22.1. The number of aryl methyl sites for hydroxylation is 1. The molecule has 0 fully saturated rings. The molecule has 0 bridgehead atoms. The second-order valence-electron chi connectivity index (χ2n) is 8.42. The lowest BCUT2D eigenvalue weighted by Gasteiger charge is -2.14. The van der Waals surface area contributed by atoms with E-state index < -0.39 is 15.4 Å².